The van der Waals surface area contributed by atoms with E-state index in [1.165, 1.54) is 0 Å². The molecule has 1 aliphatic carbocycles. The zero-order chi connectivity index (χ0) is 23.2. The molecule has 8 nitrogen and oxygen atoms in total. The summed E-state index contributed by atoms with van der Waals surface area (Å²) in [5.41, 5.74) is -0.00638. The number of β-amino-alcohol motifs (C(OH)–C–C–N with tert-alkyl or cyclic N) is 1. The lowest BCUT2D eigenvalue weighted by molar-refractivity contribution is 0.0421. The molecule has 1 aromatic carbocycles. The summed E-state index contributed by atoms with van der Waals surface area (Å²) in [7, 11) is 0. The Labute approximate surface area is 190 Å². The number of aliphatic hydroxyl groups excluding tert-OH is 1. The summed E-state index contributed by atoms with van der Waals surface area (Å²) < 4.78 is 11.3. The van der Waals surface area contributed by atoms with Gasteiger partial charge >= 0.3 is 6.09 Å². The molecule has 1 unspecified atom stereocenters. The van der Waals surface area contributed by atoms with Crippen LogP contribution >= 0.6 is 0 Å². The van der Waals surface area contributed by atoms with E-state index in [9.17, 15) is 15.2 Å². The number of likely N-dealkylation sites (tertiary alicyclic amines) is 1. The van der Waals surface area contributed by atoms with Crippen LogP contribution in [0, 0.1) is 11.3 Å². The summed E-state index contributed by atoms with van der Waals surface area (Å²) in [6, 6.07) is 10.2. The Balaban J connectivity index is 1.35. The van der Waals surface area contributed by atoms with Crippen LogP contribution in [0.3, 0.4) is 0 Å². The first-order valence-corrected chi connectivity index (χ1v) is 11.5. The molecular formula is C24H36N4O4. The van der Waals surface area contributed by atoms with E-state index in [1.54, 1.807) is 20.8 Å². The van der Waals surface area contributed by atoms with Crippen molar-refractivity contribution in [3.8, 4) is 11.8 Å². The van der Waals surface area contributed by atoms with Crippen LogP contribution in [0.15, 0.2) is 24.3 Å². The maximum Gasteiger partial charge on any atom is 0.407 e. The summed E-state index contributed by atoms with van der Waals surface area (Å²) in [4.78, 5) is 13.9. The van der Waals surface area contributed by atoms with Gasteiger partial charge in [0.25, 0.3) is 0 Å². The molecule has 8 heteroatoms. The molecule has 0 aromatic heterocycles. The number of nitrogens with one attached hydrogen (secondary N) is 2. The number of hydrogen-bond donors (Lipinski definition) is 3. The Morgan fingerprint density at radius 1 is 1.28 bits per heavy atom. The van der Waals surface area contributed by atoms with Gasteiger partial charge in [-0.15, -0.1) is 0 Å². The van der Waals surface area contributed by atoms with Gasteiger partial charge in [-0.05, 0) is 77.1 Å². The van der Waals surface area contributed by atoms with Crippen molar-refractivity contribution in [1.29, 1.82) is 5.26 Å². The second-order valence-electron chi connectivity index (χ2n) is 9.85. The molecule has 1 heterocycles. The highest BCUT2D eigenvalue weighted by atomic mass is 16.6. The zero-order valence-electron chi connectivity index (χ0n) is 19.4. The molecule has 1 atom stereocenters. The van der Waals surface area contributed by atoms with E-state index in [4.69, 9.17) is 9.47 Å². The fourth-order valence-electron chi connectivity index (χ4n) is 3.97. The lowest BCUT2D eigenvalue weighted by Crippen LogP contribution is -2.45. The van der Waals surface area contributed by atoms with E-state index >= 15 is 0 Å². The van der Waals surface area contributed by atoms with Crippen molar-refractivity contribution < 1.29 is 19.4 Å². The number of ether oxygens (including phenoxy) is 2. The fourth-order valence-corrected chi connectivity index (χ4v) is 3.97. The number of carbonyl (C=O) groups excluding carboxylic acids is 1. The maximum absolute atomic E-state index is 11.7. The van der Waals surface area contributed by atoms with Crippen LogP contribution in [0.25, 0.3) is 0 Å². The predicted octanol–water partition coefficient (Wildman–Crippen LogP) is 3.27. The van der Waals surface area contributed by atoms with E-state index < -0.39 is 23.3 Å². The molecule has 3 N–H and O–H groups in total. The number of amides is 1. The number of carbonyl (C=O) groups is 1. The SMILES string of the molecule is CC(C)(C)OC(=O)NCC(O)CN1CCC(Oc2ccc(NC3(C#N)CCC3)cc2)CC1. The lowest BCUT2D eigenvalue weighted by atomic mass is 9.78. The third-order valence-electron chi connectivity index (χ3n) is 5.85. The van der Waals surface area contributed by atoms with Gasteiger partial charge in [0, 0.05) is 31.9 Å². The van der Waals surface area contributed by atoms with E-state index in [2.05, 4.69) is 21.6 Å². The molecule has 1 aliphatic heterocycles. The number of piperidine rings is 1. The van der Waals surface area contributed by atoms with Crippen LogP contribution in [-0.2, 0) is 4.74 Å². The molecule has 32 heavy (non-hydrogen) atoms. The molecule has 1 saturated heterocycles. The van der Waals surface area contributed by atoms with E-state index in [-0.39, 0.29) is 12.6 Å². The van der Waals surface area contributed by atoms with Gasteiger partial charge in [-0.1, -0.05) is 0 Å². The molecule has 2 aliphatic rings. The van der Waals surface area contributed by atoms with Crippen LogP contribution in [0.4, 0.5) is 10.5 Å². The van der Waals surface area contributed by atoms with E-state index in [0.29, 0.717) is 6.54 Å². The van der Waals surface area contributed by atoms with Gasteiger partial charge in [0.15, 0.2) is 0 Å². The topological polar surface area (TPSA) is 107 Å². The third-order valence-corrected chi connectivity index (χ3v) is 5.85. The summed E-state index contributed by atoms with van der Waals surface area (Å²) in [6.07, 6.45) is 3.62. The Morgan fingerprint density at radius 2 is 1.94 bits per heavy atom. The van der Waals surface area contributed by atoms with Crippen LogP contribution < -0.4 is 15.4 Å². The first-order valence-electron chi connectivity index (χ1n) is 11.5. The number of nitriles is 1. The van der Waals surface area contributed by atoms with Crippen LogP contribution in [-0.4, -0.2) is 65.6 Å². The number of aliphatic hydroxyl groups is 1. The summed E-state index contributed by atoms with van der Waals surface area (Å²) >= 11 is 0. The maximum atomic E-state index is 11.7. The van der Waals surface area contributed by atoms with Gasteiger partial charge in [0.1, 0.15) is 23.0 Å². The Hall–Kier alpha value is -2.50. The average Bonchev–Trinajstić information content (AvgIpc) is 2.71. The van der Waals surface area contributed by atoms with Crippen molar-refractivity contribution in [2.75, 3.05) is 31.5 Å². The Morgan fingerprint density at radius 3 is 2.47 bits per heavy atom. The number of nitrogens with zero attached hydrogens (tertiary/aromatic N) is 2. The molecule has 176 valence electrons. The van der Waals surface area contributed by atoms with Gasteiger partial charge in [0.2, 0.25) is 0 Å². The quantitative estimate of drug-likeness (QED) is 0.565. The van der Waals surface area contributed by atoms with Gasteiger partial charge in [-0.25, -0.2) is 4.79 Å². The molecular weight excluding hydrogens is 408 g/mol. The minimum atomic E-state index is -0.646. The smallest absolute Gasteiger partial charge is 0.407 e. The molecule has 1 aromatic rings. The van der Waals surface area contributed by atoms with Crippen molar-refractivity contribution in [2.24, 2.45) is 0 Å². The molecule has 1 amide bonds. The van der Waals surface area contributed by atoms with Gasteiger partial charge in [-0.3, -0.25) is 0 Å². The van der Waals surface area contributed by atoms with Crippen LogP contribution in [0.1, 0.15) is 52.9 Å². The largest absolute Gasteiger partial charge is 0.490 e. The summed E-state index contributed by atoms with van der Waals surface area (Å²) in [5, 5.41) is 25.5. The average molecular weight is 445 g/mol. The van der Waals surface area contributed by atoms with Gasteiger partial charge in [-0.2, -0.15) is 5.26 Å². The molecule has 1 saturated carbocycles. The van der Waals surface area contributed by atoms with Crippen molar-refractivity contribution in [3.63, 3.8) is 0 Å². The molecule has 0 radical (unpaired) electrons. The lowest BCUT2D eigenvalue weighted by Gasteiger charge is -2.36. The van der Waals surface area contributed by atoms with Crippen molar-refractivity contribution in [3.05, 3.63) is 24.3 Å². The van der Waals surface area contributed by atoms with Gasteiger partial charge < -0.3 is 30.1 Å². The molecule has 2 fully saturated rings. The van der Waals surface area contributed by atoms with Crippen LogP contribution in [0.5, 0.6) is 5.75 Å². The number of hydrogen-bond acceptors (Lipinski definition) is 7. The zero-order valence-corrected chi connectivity index (χ0v) is 19.4. The first kappa shape index (κ1) is 24.1. The highest BCUT2D eigenvalue weighted by molar-refractivity contribution is 5.67. The van der Waals surface area contributed by atoms with Gasteiger partial charge in [0.05, 0.1) is 12.2 Å². The molecule has 3 rings (SSSR count). The fraction of sp³-hybridized carbons (Fsp3) is 0.667. The number of anilines is 1. The first-order chi connectivity index (χ1) is 15.2. The van der Waals surface area contributed by atoms with E-state index in [0.717, 1.165) is 56.6 Å². The minimum Gasteiger partial charge on any atom is -0.490 e. The second kappa shape index (κ2) is 10.4. The Bertz CT molecular complexity index is 788. The summed E-state index contributed by atoms with van der Waals surface area (Å²) in [6.45, 7) is 7.75. The van der Waals surface area contributed by atoms with Crippen molar-refractivity contribution in [1.82, 2.24) is 10.2 Å². The monoisotopic (exact) mass is 444 g/mol. The highest BCUT2D eigenvalue weighted by Crippen LogP contribution is 2.35. The summed E-state index contributed by atoms with van der Waals surface area (Å²) in [5.74, 6) is 0.829. The van der Waals surface area contributed by atoms with Crippen molar-refractivity contribution >= 4 is 11.8 Å². The number of benzene rings is 1. The normalized spacial score (nSPS) is 19.8. The molecule has 0 bridgehead atoms. The molecule has 0 spiro atoms. The third kappa shape index (κ3) is 7.28. The number of alkyl carbamates (subject to hydrolysis) is 1. The standard InChI is InChI=1S/C24H36N4O4/c1-23(2,3)32-22(30)26-15-19(29)16-28-13-9-21(10-14-28)31-20-7-5-18(6-8-20)27-24(17-25)11-4-12-24/h5-8,19,21,27,29H,4,9-16H2,1-3H3,(H,26,30). The van der Waals surface area contributed by atoms with E-state index in [1.807, 2.05) is 24.3 Å². The highest BCUT2D eigenvalue weighted by Gasteiger charge is 2.37. The number of rotatable bonds is 8. The van der Waals surface area contributed by atoms with Crippen molar-refractivity contribution in [2.45, 2.75) is 76.2 Å². The van der Waals surface area contributed by atoms with Crippen LogP contribution in [0.2, 0.25) is 0 Å². The predicted molar refractivity (Wildman–Crippen MR) is 123 cm³/mol. The Kier molecular flexibility index (Phi) is 7.86. The second-order valence-corrected chi connectivity index (χ2v) is 9.85. The minimum absolute atomic E-state index is 0.138.